The van der Waals surface area contributed by atoms with Gasteiger partial charge in [-0.3, -0.25) is 9.89 Å². The second-order valence-corrected chi connectivity index (χ2v) is 7.44. The topological polar surface area (TPSA) is 62.9 Å². The molecule has 0 amide bonds. The van der Waals surface area contributed by atoms with Crippen LogP contribution in [0.2, 0.25) is 0 Å². The number of hydrogen-bond donors (Lipinski definition) is 2. The fraction of sp³-hybridized carbons (Fsp3) is 0.682. The summed E-state index contributed by atoms with van der Waals surface area (Å²) in [6.45, 7) is 7.94. The lowest BCUT2D eigenvalue weighted by molar-refractivity contribution is 0.00566. The highest BCUT2D eigenvalue weighted by molar-refractivity contribution is 14.0. The lowest BCUT2D eigenvalue weighted by atomic mass is 10.1. The number of nitrogens with zero attached hydrogens (tertiary/aromatic N) is 2. The van der Waals surface area contributed by atoms with Gasteiger partial charge in [0.15, 0.2) is 5.96 Å². The standard InChI is InChI=1S/C22H38N4O.HI/c1-2-3-4-8-14-24-22(23)25-15-9-18-27-21-12-16-26(17-13-21)19-20-10-6-5-7-11-20;/h5-7,10-11,21H,2-4,8-9,12-19H2,1H3,(H3,23,24,25);1H. The molecular weight excluding hydrogens is 463 g/mol. The number of halogens is 1. The second-order valence-electron chi connectivity index (χ2n) is 7.44. The fourth-order valence-corrected chi connectivity index (χ4v) is 3.41. The Labute approximate surface area is 188 Å². The summed E-state index contributed by atoms with van der Waals surface area (Å²) >= 11 is 0. The first kappa shape index (κ1) is 25.2. The van der Waals surface area contributed by atoms with Crippen molar-refractivity contribution in [3.63, 3.8) is 0 Å². The Kier molecular flexibility index (Phi) is 14.4. The van der Waals surface area contributed by atoms with Crippen LogP contribution < -0.4 is 11.1 Å². The quantitative estimate of drug-likeness (QED) is 0.195. The van der Waals surface area contributed by atoms with Crippen LogP contribution in [0.25, 0.3) is 0 Å². The van der Waals surface area contributed by atoms with E-state index in [1.54, 1.807) is 0 Å². The number of nitrogens with two attached hydrogens (primary N) is 1. The summed E-state index contributed by atoms with van der Waals surface area (Å²) in [5.74, 6) is 0.570. The highest BCUT2D eigenvalue weighted by Gasteiger charge is 2.19. The highest BCUT2D eigenvalue weighted by atomic mass is 127. The van der Waals surface area contributed by atoms with E-state index in [-0.39, 0.29) is 24.0 Å². The van der Waals surface area contributed by atoms with E-state index in [0.717, 1.165) is 65.0 Å². The van der Waals surface area contributed by atoms with E-state index in [1.165, 1.54) is 24.8 Å². The van der Waals surface area contributed by atoms with Gasteiger partial charge in [0.1, 0.15) is 0 Å². The molecule has 0 aromatic heterocycles. The van der Waals surface area contributed by atoms with Crippen LogP contribution in [0.1, 0.15) is 57.4 Å². The molecule has 1 aromatic carbocycles. The molecule has 160 valence electrons. The first-order chi connectivity index (χ1) is 13.3. The summed E-state index contributed by atoms with van der Waals surface area (Å²) in [5.41, 5.74) is 7.28. The van der Waals surface area contributed by atoms with Crippen molar-refractivity contribution in [3.8, 4) is 0 Å². The number of nitrogens with one attached hydrogen (secondary N) is 1. The van der Waals surface area contributed by atoms with Gasteiger partial charge in [0.25, 0.3) is 0 Å². The molecule has 1 fully saturated rings. The van der Waals surface area contributed by atoms with Crippen molar-refractivity contribution in [3.05, 3.63) is 35.9 Å². The van der Waals surface area contributed by atoms with Gasteiger partial charge in [-0.25, -0.2) is 0 Å². The molecule has 3 N–H and O–H groups in total. The van der Waals surface area contributed by atoms with Gasteiger partial charge in [0, 0.05) is 39.3 Å². The average molecular weight is 502 g/mol. The van der Waals surface area contributed by atoms with E-state index in [1.807, 2.05) is 0 Å². The van der Waals surface area contributed by atoms with Crippen LogP contribution in [0.5, 0.6) is 0 Å². The Hall–Kier alpha value is -0.860. The Morgan fingerprint density at radius 3 is 2.61 bits per heavy atom. The summed E-state index contributed by atoms with van der Waals surface area (Å²) in [4.78, 5) is 6.90. The van der Waals surface area contributed by atoms with Crippen molar-refractivity contribution in [2.75, 3.05) is 32.8 Å². The normalized spacial score (nSPS) is 16.0. The first-order valence-electron chi connectivity index (χ1n) is 10.7. The van der Waals surface area contributed by atoms with E-state index < -0.39 is 0 Å². The molecule has 1 heterocycles. The molecular formula is C22H39IN4O. The van der Waals surface area contributed by atoms with E-state index in [4.69, 9.17) is 10.5 Å². The zero-order chi connectivity index (χ0) is 19.2. The molecule has 1 aliphatic heterocycles. The fourth-order valence-electron chi connectivity index (χ4n) is 3.41. The van der Waals surface area contributed by atoms with Crippen LogP contribution in [-0.2, 0) is 11.3 Å². The van der Waals surface area contributed by atoms with Crippen LogP contribution in [0.3, 0.4) is 0 Å². The van der Waals surface area contributed by atoms with Crippen LogP contribution in [0, 0.1) is 0 Å². The van der Waals surface area contributed by atoms with E-state index >= 15 is 0 Å². The van der Waals surface area contributed by atoms with Crippen molar-refractivity contribution < 1.29 is 4.74 Å². The molecule has 1 aliphatic rings. The molecule has 0 spiro atoms. The minimum atomic E-state index is 0. The summed E-state index contributed by atoms with van der Waals surface area (Å²) in [6.07, 6.45) is 8.55. The van der Waals surface area contributed by atoms with Crippen molar-refractivity contribution in [1.82, 2.24) is 10.2 Å². The predicted octanol–water partition coefficient (Wildman–Crippen LogP) is 4.16. The van der Waals surface area contributed by atoms with Crippen LogP contribution in [0.15, 0.2) is 35.3 Å². The number of benzene rings is 1. The Balaban J connectivity index is 0.00000392. The maximum absolute atomic E-state index is 6.03. The third-order valence-corrected chi connectivity index (χ3v) is 5.06. The maximum Gasteiger partial charge on any atom is 0.188 e. The number of guanidine groups is 1. The molecule has 0 atom stereocenters. The molecule has 6 heteroatoms. The smallest absolute Gasteiger partial charge is 0.188 e. The molecule has 0 aliphatic carbocycles. The summed E-state index contributed by atoms with van der Waals surface area (Å²) < 4.78 is 6.03. The maximum atomic E-state index is 6.03. The summed E-state index contributed by atoms with van der Waals surface area (Å²) in [6, 6.07) is 10.7. The average Bonchev–Trinajstić information content (AvgIpc) is 2.69. The lowest BCUT2D eigenvalue weighted by Crippen LogP contribution is -2.36. The van der Waals surface area contributed by atoms with Gasteiger partial charge in [-0.05, 0) is 31.2 Å². The monoisotopic (exact) mass is 502 g/mol. The zero-order valence-corrected chi connectivity index (χ0v) is 19.8. The van der Waals surface area contributed by atoms with Gasteiger partial charge < -0.3 is 15.8 Å². The molecule has 0 unspecified atom stereocenters. The summed E-state index contributed by atoms with van der Waals surface area (Å²) in [5, 5.41) is 3.19. The number of piperidine rings is 1. The molecule has 0 bridgehead atoms. The first-order valence-corrected chi connectivity index (χ1v) is 10.7. The van der Waals surface area contributed by atoms with Crippen molar-refractivity contribution in [1.29, 1.82) is 0 Å². The number of hydrogen-bond acceptors (Lipinski definition) is 3. The number of ether oxygens (including phenoxy) is 1. The Morgan fingerprint density at radius 2 is 1.89 bits per heavy atom. The molecule has 5 nitrogen and oxygen atoms in total. The van der Waals surface area contributed by atoms with Crippen molar-refractivity contribution in [2.45, 2.75) is 64.5 Å². The molecule has 1 aromatic rings. The Bertz CT molecular complexity index is 519. The summed E-state index contributed by atoms with van der Waals surface area (Å²) in [7, 11) is 0. The van der Waals surface area contributed by atoms with E-state index in [9.17, 15) is 0 Å². The van der Waals surface area contributed by atoms with E-state index in [0.29, 0.717) is 12.1 Å². The molecule has 0 saturated carbocycles. The van der Waals surface area contributed by atoms with Gasteiger partial charge in [-0.1, -0.05) is 56.5 Å². The van der Waals surface area contributed by atoms with Gasteiger partial charge >= 0.3 is 0 Å². The van der Waals surface area contributed by atoms with Gasteiger partial charge in [-0.15, -0.1) is 24.0 Å². The highest BCUT2D eigenvalue weighted by Crippen LogP contribution is 2.16. The molecule has 0 radical (unpaired) electrons. The SMILES string of the molecule is CCCCCCNC(N)=NCCCOC1CCN(Cc2ccccc2)CC1.I. The third kappa shape index (κ3) is 11.2. The van der Waals surface area contributed by atoms with Crippen LogP contribution in [-0.4, -0.2) is 49.7 Å². The molecule has 2 rings (SSSR count). The van der Waals surface area contributed by atoms with Gasteiger partial charge in [0.05, 0.1) is 6.10 Å². The largest absolute Gasteiger partial charge is 0.378 e. The third-order valence-electron chi connectivity index (χ3n) is 5.06. The predicted molar refractivity (Wildman–Crippen MR) is 129 cm³/mol. The number of rotatable bonds is 12. The van der Waals surface area contributed by atoms with Crippen LogP contribution in [0.4, 0.5) is 0 Å². The minimum Gasteiger partial charge on any atom is -0.378 e. The van der Waals surface area contributed by atoms with Gasteiger partial charge in [-0.2, -0.15) is 0 Å². The number of likely N-dealkylation sites (tertiary alicyclic amines) is 1. The number of unbranched alkanes of at least 4 members (excludes halogenated alkanes) is 3. The zero-order valence-electron chi connectivity index (χ0n) is 17.4. The van der Waals surface area contributed by atoms with Crippen molar-refractivity contribution >= 4 is 29.9 Å². The Morgan fingerprint density at radius 1 is 1.14 bits per heavy atom. The second kappa shape index (κ2) is 16.0. The lowest BCUT2D eigenvalue weighted by Gasteiger charge is -2.31. The molecule has 1 saturated heterocycles. The molecule has 28 heavy (non-hydrogen) atoms. The van der Waals surface area contributed by atoms with E-state index in [2.05, 4.69) is 52.5 Å². The minimum absolute atomic E-state index is 0. The van der Waals surface area contributed by atoms with Crippen molar-refractivity contribution in [2.24, 2.45) is 10.7 Å². The number of aliphatic imine (C=N–C) groups is 1. The van der Waals surface area contributed by atoms with Crippen LogP contribution >= 0.6 is 24.0 Å². The van der Waals surface area contributed by atoms with Gasteiger partial charge in [0.2, 0.25) is 0 Å².